The molecule has 0 bridgehead atoms. The highest BCUT2D eigenvalue weighted by atomic mass is 35.5. The minimum absolute atomic E-state index is 0.559. The molecule has 2 N–H and O–H groups in total. The average Bonchev–Trinajstić information content (AvgIpc) is 2.65. The van der Waals surface area contributed by atoms with E-state index >= 15 is 0 Å². The lowest BCUT2D eigenvalue weighted by Gasteiger charge is -2.12. The third kappa shape index (κ3) is 7.35. The first kappa shape index (κ1) is 20.7. The molecular weight excluding hydrogens is 367 g/mol. The average molecular weight is 395 g/mol. The highest BCUT2D eigenvalue weighted by Gasteiger charge is 2.03. The summed E-state index contributed by atoms with van der Waals surface area (Å²) in [5.74, 6) is 0.913. The van der Waals surface area contributed by atoms with Gasteiger partial charge < -0.3 is 15.4 Å². The summed E-state index contributed by atoms with van der Waals surface area (Å²) >= 11 is 12.2. The number of rotatable bonds is 12. The maximum Gasteiger partial charge on any atom is 0.121 e. The standard InChI is InChI=1S/C21H28Cl2N2O/c1-2-3-4-5-6-15-26-18-10-7-9-17(16-18)24-13-14-25-20-12-8-11-19(22)21(20)23/h7-12,16,24-25H,2-6,13-15H2,1H3. The highest BCUT2D eigenvalue weighted by molar-refractivity contribution is 6.43. The van der Waals surface area contributed by atoms with Gasteiger partial charge in [-0.1, -0.05) is 67.9 Å². The summed E-state index contributed by atoms with van der Waals surface area (Å²) in [6.07, 6.45) is 6.23. The largest absolute Gasteiger partial charge is 0.494 e. The van der Waals surface area contributed by atoms with Gasteiger partial charge in [-0.05, 0) is 30.7 Å². The molecule has 0 aliphatic rings. The lowest BCUT2D eigenvalue weighted by molar-refractivity contribution is 0.304. The zero-order valence-corrected chi connectivity index (χ0v) is 16.9. The first-order valence-electron chi connectivity index (χ1n) is 9.35. The van der Waals surface area contributed by atoms with Crippen molar-refractivity contribution in [2.45, 2.75) is 39.0 Å². The molecule has 142 valence electrons. The van der Waals surface area contributed by atoms with Crippen LogP contribution >= 0.6 is 23.2 Å². The molecule has 0 radical (unpaired) electrons. The quantitative estimate of drug-likeness (QED) is 0.385. The number of hydrogen-bond donors (Lipinski definition) is 2. The number of ether oxygens (including phenoxy) is 1. The molecule has 0 spiro atoms. The number of benzene rings is 2. The van der Waals surface area contributed by atoms with Crippen LogP contribution in [0.25, 0.3) is 0 Å². The van der Waals surface area contributed by atoms with Gasteiger partial charge in [-0.2, -0.15) is 0 Å². The highest BCUT2D eigenvalue weighted by Crippen LogP contribution is 2.29. The molecule has 0 unspecified atom stereocenters. The molecule has 26 heavy (non-hydrogen) atoms. The molecule has 3 nitrogen and oxygen atoms in total. The molecule has 2 rings (SSSR count). The van der Waals surface area contributed by atoms with Crippen LogP contribution < -0.4 is 15.4 Å². The van der Waals surface area contributed by atoms with E-state index < -0.39 is 0 Å². The lowest BCUT2D eigenvalue weighted by atomic mass is 10.2. The molecule has 0 saturated heterocycles. The molecular formula is C21H28Cl2N2O. The van der Waals surface area contributed by atoms with Crippen LogP contribution in [0.2, 0.25) is 10.0 Å². The minimum atomic E-state index is 0.559. The van der Waals surface area contributed by atoms with Crippen LogP contribution in [0.3, 0.4) is 0 Å². The zero-order chi connectivity index (χ0) is 18.6. The smallest absolute Gasteiger partial charge is 0.121 e. The maximum atomic E-state index is 6.17. The van der Waals surface area contributed by atoms with Crippen molar-refractivity contribution >= 4 is 34.6 Å². The van der Waals surface area contributed by atoms with Gasteiger partial charge in [0.1, 0.15) is 5.75 Å². The predicted molar refractivity (Wildman–Crippen MR) is 114 cm³/mol. The second-order valence-corrected chi connectivity index (χ2v) is 7.03. The van der Waals surface area contributed by atoms with E-state index in [9.17, 15) is 0 Å². The molecule has 2 aromatic carbocycles. The summed E-state index contributed by atoms with van der Waals surface area (Å²) in [6.45, 7) is 4.52. The summed E-state index contributed by atoms with van der Waals surface area (Å²) in [4.78, 5) is 0. The van der Waals surface area contributed by atoms with Crippen molar-refractivity contribution in [1.29, 1.82) is 0 Å². The van der Waals surface area contributed by atoms with E-state index in [1.165, 1.54) is 25.7 Å². The van der Waals surface area contributed by atoms with Crippen molar-refractivity contribution < 1.29 is 4.74 Å². The second-order valence-electron chi connectivity index (χ2n) is 6.25. The Labute approximate surface area is 167 Å². The van der Waals surface area contributed by atoms with Gasteiger partial charge in [0.25, 0.3) is 0 Å². The number of anilines is 2. The van der Waals surface area contributed by atoms with Crippen LogP contribution in [0.15, 0.2) is 42.5 Å². The van der Waals surface area contributed by atoms with Gasteiger partial charge in [-0.15, -0.1) is 0 Å². The maximum absolute atomic E-state index is 6.17. The third-order valence-corrected chi connectivity index (χ3v) is 4.89. The van der Waals surface area contributed by atoms with Gasteiger partial charge in [-0.25, -0.2) is 0 Å². The Morgan fingerprint density at radius 1 is 0.885 bits per heavy atom. The number of halogens is 2. The van der Waals surface area contributed by atoms with Crippen molar-refractivity contribution in [2.24, 2.45) is 0 Å². The molecule has 0 amide bonds. The van der Waals surface area contributed by atoms with Gasteiger partial charge in [0.05, 0.1) is 22.3 Å². The predicted octanol–water partition coefficient (Wildman–Crippen LogP) is 6.87. The molecule has 5 heteroatoms. The zero-order valence-electron chi connectivity index (χ0n) is 15.4. The van der Waals surface area contributed by atoms with Crippen LogP contribution in [0.1, 0.15) is 39.0 Å². The van der Waals surface area contributed by atoms with Gasteiger partial charge in [0.2, 0.25) is 0 Å². The molecule has 0 heterocycles. The van der Waals surface area contributed by atoms with Crippen LogP contribution in [0.4, 0.5) is 11.4 Å². The van der Waals surface area contributed by atoms with Crippen molar-refractivity contribution in [2.75, 3.05) is 30.3 Å². The minimum Gasteiger partial charge on any atom is -0.494 e. The van der Waals surface area contributed by atoms with Crippen molar-refractivity contribution in [3.05, 3.63) is 52.5 Å². The SMILES string of the molecule is CCCCCCCOc1cccc(NCCNc2cccc(Cl)c2Cl)c1. The molecule has 0 atom stereocenters. The molecule has 0 aliphatic heterocycles. The fourth-order valence-corrected chi connectivity index (χ4v) is 3.00. The van der Waals surface area contributed by atoms with Gasteiger partial charge in [0.15, 0.2) is 0 Å². The van der Waals surface area contributed by atoms with Gasteiger partial charge in [0, 0.05) is 24.8 Å². The Balaban J connectivity index is 1.68. The Morgan fingerprint density at radius 3 is 2.50 bits per heavy atom. The number of hydrogen-bond acceptors (Lipinski definition) is 3. The molecule has 2 aromatic rings. The lowest BCUT2D eigenvalue weighted by Crippen LogP contribution is -2.13. The van der Waals surface area contributed by atoms with E-state index in [2.05, 4.69) is 17.6 Å². The van der Waals surface area contributed by atoms with Gasteiger partial charge >= 0.3 is 0 Å². The third-order valence-electron chi connectivity index (χ3n) is 4.07. The summed E-state index contributed by atoms with van der Waals surface area (Å²) < 4.78 is 5.84. The van der Waals surface area contributed by atoms with E-state index in [0.717, 1.165) is 43.2 Å². The fourth-order valence-electron chi connectivity index (χ4n) is 2.64. The Morgan fingerprint density at radius 2 is 1.65 bits per heavy atom. The summed E-state index contributed by atoms with van der Waals surface area (Å²) in [5, 5.41) is 7.79. The molecule has 0 aliphatic carbocycles. The Kier molecular flexibility index (Phi) is 9.51. The van der Waals surface area contributed by atoms with E-state index in [4.69, 9.17) is 27.9 Å². The van der Waals surface area contributed by atoms with Crippen LogP contribution in [0.5, 0.6) is 5.75 Å². The summed E-state index contributed by atoms with van der Waals surface area (Å²) in [6, 6.07) is 13.7. The summed E-state index contributed by atoms with van der Waals surface area (Å²) in [7, 11) is 0. The Hall–Kier alpha value is -1.58. The van der Waals surface area contributed by atoms with Crippen LogP contribution in [-0.2, 0) is 0 Å². The Bertz CT molecular complexity index is 664. The van der Waals surface area contributed by atoms with E-state index in [1.807, 2.05) is 36.4 Å². The van der Waals surface area contributed by atoms with Gasteiger partial charge in [-0.3, -0.25) is 0 Å². The molecule has 0 saturated carbocycles. The van der Waals surface area contributed by atoms with Crippen LogP contribution in [-0.4, -0.2) is 19.7 Å². The first-order valence-corrected chi connectivity index (χ1v) is 10.1. The monoisotopic (exact) mass is 394 g/mol. The van der Waals surface area contributed by atoms with Crippen molar-refractivity contribution in [3.63, 3.8) is 0 Å². The molecule has 0 fully saturated rings. The number of nitrogens with one attached hydrogen (secondary N) is 2. The van der Waals surface area contributed by atoms with Crippen molar-refractivity contribution in [3.8, 4) is 5.75 Å². The van der Waals surface area contributed by atoms with E-state index in [1.54, 1.807) is 6.07 Å². The van der Waals surface area contributed by atoms with Crippen LogP contribution in [0, 0.1) is 0 Å². The summed E-state index contributed by atoms with van der Waals surface area (Å²) in [5.41, 5.74) is 1.90. The first-order chi connectivity index (χ1) is 12.7. The fraction of sp³-hybridized carbons (Fsp3) is 0.429. The number of unbranched alkanes of at least 4 members (excludes halogenated alkanes) is 4. The van der Waals surface area contributed by atoms with E-state index in [-0.39, 0.29) is 0 Å². The van der Waals surface area contributed by atoms with Crippen molar-refractivity contribution in [1.82, 2.24) is 0 Å². The second kappa shape index (κ2) is 11.9. The topological polar surface area (TPSA) is 33.3 Å². The van der Waals surface area contributed by atoms with E-state index in [0.29, 0.717) is 10.0 Å². The molecule has 0 aromatic heterocycles. The normalized spacial score (nSPS) is 10.6.